The number of ether oxygens (including phenoxy) is 1. The van der Waals surface area contributed by atoms with Crippen LogP contribution in [-0.2, 0) is 4.79 Å². The molecule has 2 rings (SSSR count). The van der Waals surface area contributed by atoms with Gasteiger partial charge >= 0.3 is 0 Å². The first-order chi connectivity index (χ1) is 10.1. The number of methoxy groups -OCH3 is 1. The van der Waals surface area contributed by atoms with E-state index >= 15 is 0 Å². The lowest BCUT2D eigenvalue weighted by atomic mass is 10.2. The van der Waals surface area contributed by atoms with Crippen LogP contribution in [-0.4, -0.2) is 13.0 Å². The first kappa shape index (κ1) is 15.8. The van der Waals surface area contributed by atoms with E-state index in [1.54, 1.807) is 13.2 Å². The molecule has 2 aromatic carbocycles. The molecule has 3 nitrogen and oxygen atoms in total. The highest BCUT2D eigenvalue weighted by Gasteiger charge is 2.01. The molecule has 0 radical (unpaired) electrons. The molecule has 0 aliphatic rings. The largest absolute Gasteiger partial charge is 0.496 e. The van der Waals surface area contributed by atoms with Gasteiger partial charge in [0.1, 0.15) is 5.75 Å². The van der Waals surface area contributed by atoms with E-state index in [0.29, 0.717) is 0 Å². The van der Waals surface area contributed by atoms with Gasteiger partial charge in [-0.1, -0.05) is 28.1 Å². The smallest absolute Gasteiger partial charge is 0.248 e. The van der Waals surface area contributed by atoms with Crippen molar-refractivity contribution in [1.29, 1.82) is 0 Å². The second kappa shape index (κ2) is 7.43. The molecule has 0 saturated carbocycles. The van der Waals surface area contributed by atoms with Crippen molar-refractivity contribution in [2.24, 2.45) is 0 Å². The van der Waals surface area contributed by atoms with Gasteiger partial charge in [-0.05, 0) is 57.9 Å². The van der Waals surface area contributed by atoms with Crippen LogP contribution in [0, 0.1) is 0 Å². The Balaban J connectivity index is 2.03. The molecule has 2 aromatic rings. The molecule has 0 fully saturated rings. The van der Waals surface area contributed by atoms with Gasteiger partial charge in [-0.25, -0.2) is 0 Å². The van der Waals surface area contributed by atoms with Crippen molar-refractivity contribution in [3.8, 4) is 5.75 Å². The predicted molar refractivity (Wildman–Crippen MR) is 92.5 cm³/mol. The predicted octanol–water partition coefficient (Wildman–Crippen LogP) is 4.87. The van der Waals surface area contributed by atoms with Gasteiger partial charge in [-0.2, -0.15) is 0 Å². The maximum atomic E-state index is 11.9. The molecule has 0 aliphatic carbocycles. The third-order valence-electron chi connectivity index (χ3n) is 2.70. The van der Waals surface area contributed by atoms with E-state index < -0.39 is 0 Å². The number of benzene rings is 2. The molecule has 0 spiro atoms. The van der Waals surface area contributed by atoms with Crippen LogP contribution in [0.3, 0.4) is 0 Å². The van der Waals surface area contributed by atoms with E-state index in [2.05, 4.69) is 37.2 Å². The molecular weight excluding hydrogens is 398 g/mol. The van der Waals surface area contributed by atoms with Crippen molar-refractivity contribution in [1.82, 2.24) is 0 Å². The number of carbonyl (C=O) groups is 1. The second-order valence-corrected chi connectivity index (χ2v) is 6.00. The quantitative estimate of drug-likeness (QED) is 0.730. The highest BCUT2D eigenvalue weighted by atomic mass is 79.9. The van der Waals surface area contributed by atoms with Gasteiger partial charge in [0.25, 0.3) is 0 Å². The molecule has 5 heteroatoms. The molecule has 0 heterocycles. The van der Waals surface area contributed by atoms with E-state index in [1.807, 2.05) is 42.5 Å². The van der Waals surface area contributed by atoms with Crippen molar-refractivity contribution < 1.29 is 9.53 Å². The van der Waals surface area contributed by atoms with E-state index in [0.717, 1.165) is 25.9 Å². The summed E-state index contributed by atoms with van der Waals surface area (Å²) < 4.78 is 6.93. The summed E-state index contributed by atoms with van der Waals surface area (Å²) >= 11 is 6.77. The summed E-state index contributed by atoms with van der Waals surface area (Å²) in [5.74, 6) is 0.575. The van der Waals surface area contributed by atoms with Crippen LogP contribution >= 0.6 is 31.9 Å². The summed E-state index contributed by atoms with van der Waals surface area (Å²) in [4.78, 5) is 11.9. The number of amides is 1. The molecule has 0 atom stereocenters. The Hall–Kier alpha value is -1.59. The standard InChI is InChI=1S/C16H13Br2NO2/c1-21-15-7-5-11(9-14(15)18)6-8-16(20)19-13-4-2-3-12(17)10-13/h2-10H,1H3,(H,19,20). The third-order valence-corrected chi connectivity index (χ3v) is 3.81. The van der Waals surface area contributed by atoms with Gasteiger partial charge in [-0.15, -0.1) is 0 Å². The van der Waals surface area contributed by atoms with E-state index in [1.165, 1.54) is 6.08 Å². The average molecular weight is 411 g/mol. The zero-order valence-corrected chi connectivity index (χ0v) is 14.4. The van der Waals surface area contributed by atoms with Crippen LogP contribution in [0.25, 0.3) is 6.08 Å². The van der Waals surface area contributed by atoms with Crippen molar-refractivity contribution in [3.63, 3.8) is 0 Å². The normalized spacial score (nSPS) is 10.6. The van der Waals surface area contributed by atoms with Gasteiger partial charge in [0, 0.05) is 16.2 Å². The molecule has 0 bridgehead atoms. The monoisotopic (exact) mass is 409 g/mol. The van der Waals surface area contributed by atoms with Gasteiger partial charge in [0.2, 0.25) is 5.91 Å². The second-order valence-electron chi connectivity index (χ2n) is 4.23. The maximum Gasteiger partial charge on any atom is 0.248 e. The number of hydrogen-bond donors (Lipinski definition) is 1. The van der Waals surface area contributed by atoms with E-state index in [-0.39, 0.29) is 5.91 Å². The van der Waals surface area contributed by atoms with Crippen LogP contribution in [0.5, 0.6) is 5.75 Å². The van der Waals surface area contributed by atoms with Crippen molar-refractivity contribution in [2.45, 2.75) is 0 Å². The lowest BCUT2D eigenvalue weighted by Crippen LogP contribution is -2.07. The van der Waals surface area contributed by atoms with E-state index in [9.17, 15) is 4.79 Å². The molecule has 1 amide bonds. The average Bonchev–Trinajstić information content (AvgIpc) is 2.45. The number of rotatable bonds is 4. The van der Waals surface area contributed by atoms with Crippen LogP contribution in [0.1, 0.15) is 5.56 Å². The lowest BCUT2D eigenvalue weighted by Gasteiger charge is -2.04. The van der Waals surface area contributed by atoms with Crippen molar-refractivity contribution in [2.75, 3.05) is 12.4 Å². The summed E-state index contributed by atoms with van der Waals surface area (Å²) in [7, 11) is 1.61. The number of anilines is 1. The molecule has 21 heavy (non-hydrogen) atoms. The number of hydrogen-bond acceptors (Lipinski definition) is 2. The zero-order valence-electron chi connectivity index (χ0n) is 11.3. The zero-order chi connectivity index (χ0) is 15.2. The van der Waals surface area contributed by atoms with Crippen LogP contribution in [0.15, 0.2) is 57.5 Å². The molecule has 0 aromatic heterocycles. The number of carbonyl (C=O) groups excluding carboxylic acids is 1. The fraction of sp³-hybridized carbons (Fsp3) is 0.0625. The van der Waals surface area contributed by atoms with Crippen molar-refractivity contribution in [3.05, 3.63) is 63.0 Å². The Morgan fingerprint density at radius 1 is 1.19 bits per heavy atom. The van der Waals surface area contributed by atoms with Crippen LogP contribution in [0.4, 0.5) is 5.69 Å². The molecule has 108 valence electrons. The minimum atomic E-state index is -0.181. The highest BCUT2D eigenvalue weighted by Crippen LogP contribution is 2.26. The first-order valence-corrected chi connectivity index (χ1v) is 7.75. The molecule has 0 unspecified atom stereocenters. The first-order valence-electron chi connectivity index (χ1n) is 6.16. The number of nitrogens with one attached hydrogen (secondary N) is 1. The minimum absolute atomic E-state index is 0.181. The topological polar surface area (TPSA) is 38.3 Å². The fourth-order valence-electron chi connectivity index (χ4n) is 1.71. The van der Waals surface area contributed by atoms with Crippen LogP contribution < -0.4 is 10.1 Å². The van der Waals surface area contributed by atoms with Gasteiger partial charge < -0.3 is 10.1 Å². The SMILES string of the molecule is COc1ccc(C=CC(=O)Nc2cccc(Br)c2)cc1Br. The third kappa shape index (κ3) is 4.72. The molecular formula is C16H13Br2NO2. The Labute approximate surface area is 140 Å². The molecule has 0 aliphatic heterocycles. The molecule has 0 saturated heterocycles. The van der Waals surface area contributed by atoms with Gasteiger partial charge in [0.15, 0.2) is 0 Å². The highest BCUT2D eigenvalue weighted by molar-refractivity contribution is 9.10. The number of halogens is 2. The van der Waals surface area contributed by atoms with E-state index in [4.69, 9.17) is 4.74 Å². The fourth-order valence-corrected chi connectivity index (χ4v) is 2.67. The summed E-state index contributed by atoms with van der Waals surface area (Å²) in [5.41, 5.74) is 1.65. The Morgan fingerprint density at radius 2 is 2.00 bits per heavy atom. The van der Waals surface area contributed by atoms with Gasteiger partial charge in [0.05, 0.1) is 11.6 Å². The summed E-state index contributed by atoms with van der Waals surface area (Å²) in [6.07, 6.45) is 3.24. The van der Waals surface area contributed by atoms with Gasteiger partial charge in [-0.3, -0.25) is 4.79 Å². The Bertz CT molecular complexity index is 684. The summed E-state index contributed by atoms with van der Waals surface area (Å²) in [5, 5.41) is 2.80. The minimum Gasteiger partial charge on any atom is -0.496 e. The summed E-state index contributed by atoms with van der Waals surface area (Å²) in [6, 6.07) is 13.1. The van der Waals surface area contributed by atoms with Crippen LogP contribution in [0.2, 0.25) is 0 Å². The summed E-state index contributed by atoms with van der Waals surface area (Å²) in [6.45, 7) is 0. The Morgan fingerprint density at radius 3 is 2.67 bits per heavy atom. The van der Waals surface area contributed by atoms with Crippen molar-refractivity contribution >= 4 is 49.5 Å². The lowest BCUT2D eigenvalue weighted by molar-refractivity contribution is -0.111. The Kier molecular flexibility index (Phi) is 5.59. The molecule has 1 N–H and O–H groups in total. The maximum absolute atomic E-state index is 11.9.